The number of carbonyl (C=O) groups excluding carboxylic acids is 4. The molecule has 1 unspecified atom stereocenters. The molecule has 0 aliphatic carbocycles. The molecule has 2 amide bonds. The first-order valence-electron chi connectivity index (χ1n) is 11.0. The van der Waals surface area contributed by atoms with Crippen LogP contribution in [0.5, 0.6) is 0 Å². The Kier molecular flexibility index (Phi) is 7.37. The number of esters is 2. The van der Waals surface area contributed by atoms with Gasteiger partial charge in [-0.1, -0.05) is 60.7 Å². The summed E-state index contributed by atoms with van der Waals surface area (Å²) in [6.45, 7) is 2.91. The second-order valence-electron chi connectivity index (χ2n) is 8.58. The van der Waals surface area contributed by atoms with Crippen molar-refractivity contribution in [2.75, 3.05) is 12.5 Å². The number of hydrogen-bond acceptors (Lipinski definition) is 7. The summed E-state index contributed by atoms with van der Waals surface area (Å²) in [5.41, 5.74) is 1.55. The van der Waals surface area contributed by atoms with Crippen LogP contribution in [0.2, 0.25) is 0 Å². The number of alkyl halides is 1. The smallest absolute Gasteiger partial charge is 0.331 e. The van der Waals surface area contributed by atoms with E-state index >= 15 is 0 Å². The van der Waals surface area contributed by atoms with Crippen molar-refractivity contribution in [2.24, 2.45) is 0 Å². The molecule has 2 saturated heterocycles. The maximum Gasteiger partial charge on any atom is 0.331 e. The number of nitrogens with zero attached hydrogens (tertiary/aromatic N) is 1. The second-order valence-corrected chi connectivity index (χ2v) is 10.5. The zero-order valence-electron chi connectivity index (χ0n) is 19.2. The van der Waals surface area contributed by atoms with Crippen molar-refractivity contribution in [1.82, 2.24) is 10.2 Å². The van der Waals surface area contributed by atoms with Crippen LogP contribution >= 0.6 is 23.4 Å². The molecule has 184 valence electrons. The van der Waals surface area contributed by atoms with E-state index < -0.39 is 40.2 Å². The Balaban J connectivity index is 1.64. The van der Waals surface area contributed by atoms with Crippen LogP contribution in [0.4, 0.5) is 0 Å². The number of rotatable bonds is 8. The number of halogens is 1. The molecule has 2 heterocycles. The number of ether oxygens (including phenoxy) is 2. The van der Waals surface area contributed by atoms with Crippen LogP contribution in [0, 0.1) is 0 Å². The van der Waals surface area contributed by atoms with Crippen molar-refractivity contribution >= 4 is 47.1 Å². The normalized spacial score (nSPS) is 25.0. The Morgan fingerprint density at radius 2 is 1.66 bits per heavy atom. The number of nitrogens with one attached hydrogen (secondary N) is 1. The highest BCUT2D eigenvalue weighted by Crippen LogP contribution is 2.52. The minimum Gasteiger partial charge on any atom is -0.463 e. The molecule has 10 heteroatoms. The molecule has 0 aromatic heterocycles. The van der Waals surface area contributed by atoms with Gasteiger partial charge in [0.15, 0.2) is 6.10 Å². The van der Waals surface area contributed by atoms with Gasteiger partial charge in [-0.25, -0.2) is 4.79 Å². The van der Waals surface area contributed by atoms with Crippen molar-refractivity contribution in [3.05, 3.63) is 71.8 Å². The van der Waals surface area contributed by atoms with Crippen molar-refractivity contribution in [3.8, 4) is 0 Å². The number of hydrogen-bond donors (Lipinski definition) is 1. The van der Waals surface area contributed by atoms with E-state index in [1.54, 1.807) is 6.92 Å². The molecule has 4 atom stereocenters. The van der Waals surface area contributed by atoms with Crippen molar-refractivity contribution < 1.29 is 28.7 Å². The molecule has 2 aliphatic rings. The molecular formula is C25H25ClN2O6S. The number of fused-ring (bicyclic) bond motifs is 1. The van der Waals surface area contributed by atoms with Crippen LogP contribution in [0.1, 0.15) is 31.1 Å². The second kappa shape index (κ2) is 10.3. The van der Waals surface area contributed by atoms with Gasteiger partial charge in [0.1, 0.15) is 29.9 Å². The van der Waals surface area contributed by atoms with Crippen LogP contribution in [0.15, 0.2) is 60.7 Å². The van der Waals surface area contributed by atoms with Gasteiger partial charge in [-0.05, 0) is 18.1 Å². The molecular weight excluding hydrogens is 492 g/mol. The predicted octanol–water partition coefficient (Wildman–Crippen LogP) is 2.65. The average Bonchev–Trinajstić information content (AvgIpc) is 3.15. The number of benzene rings is 2. The van der Waals surface area contributed by atoms with E-state index in [2.05, 4.69) is 5.32 Å². The molecule has 0 radical (unpaired) electrons. The molecule has 2 aromatic carbocycles. The standard InChI is InChI=1S/C25H25ClN2O6S/c1-15(29)27-19-22(31)28-21(25(2,35-23(19)28)14-33-18(30)13-26)24(32)34-20(16-9-5-3-6-10-16)17-11-7-4-8-12-17/h3-12,19-21,23H,13-14H2,1-2H3,(H,27,29)/t19-,21+,23?,25+/m1/s1. The Bertz CT molecular complexity index is 1080. The highest BCUT2D eigenvalue weighted by Gasteiger charge is 2.66. The number of thioether (sulfide) groups is 1. The largest absolute Gasteiger partial charge is 0.463 e. The maximum absolute atomic E-state index is 13.7. The summed E-state index contributed by atoms with van der Waals surface area (Å²) in [6.07, 6.45) is -0.703. The van der Waals surface area contributed by atoms with Gasteiger partial charge in [0.2, 0.25) is 11.8 Å². The van der Waals surface area contributed by atoms with Crippen LogP contribution in [-0.4, -0.2) is 63.3 Å². The lowest BCUT2D eigenvalue weighted by molar-refractivity contribution is -0.168. The number of amides is 2. The summed E-state index contributed by atoms with van der Waals surface area (Å²) in [6, 6.07) is 16.8. The molecule has 35 heavy (non-hydrogen) atoms. The van der Waals surface area contributed by atoms with Gasteiger partial charge in [0.05, 0.1) is 4.75 Å². The number of β-lactam (4-membered cyclic amide) rings is 1. The van der Waals surface area contributed by atoms with E-state index in [9.17, 15) is 19.2 Å². The Labute approximate surface area is 212 Å². The first-order valence-corrected chi connectivity index (χ1v) is 12.5. The third-order valence-electron chi connectivity index (χ3n) is 5.98. The van der Waals surface area contributed by atoms with E-state index in [0.29, 0.717) is 0 Å². The van der Waals surface area contributed by atoms with Crippen molar-refractivity contribution in [1.29, 1.82) is 0 Å². The summed E-state index contributed by atoms with van der Waals surface area (Å²) in [4.78, 5) is 51.5. The molecule has 1 N–H and O–H groups in total. The zero-order chi connectivity index (χ0) is 25.2. The van der Waals surface area contributed by atoms with Gasteiger partial charge in [0, 0.05) is 6.92 Å². The number of carbonyl (C=O) groups is 4. The zero-order valence-corrected chi connectivity index (χ0v) is 20.8. The molecule has 2 aromatic rings. The predicted molar refractivity (Wildman–Crippen MR) is 131 cm³/mol. The van der Waals surface area contributed by atoms with E-state index in [0.717, 1.165) is 11.1 Å². The van der Waals surface area contributed by atoms with Crippen LogP contribution < -0.4 is 5.32 Å². The highest BCUT2D eigenvalue weighted by molar-refractivity contribution is 8.01. The molecule has 0 spiro atoms. The highest BCUT2D eigenvalue weighted by atomic mass is 35.5. The van der Waals surface area contributed by atoms with E-state index in [1.165, 1.54) is 23.6 Å². The monoisotopic (exact) mass is 516 g/mol. The SMILES string of the molecule is CC(=O)N[C@@H]1C(=O)N2C1S[C@@](C)(COC(=O)CCl)[C@@H]2C(=O)OC(c1ccccc1)c1ccccc1. The quantitative estimate of drug-likeness (QED) is 0.327. The summed E-state index contributed by atoms with van der Waals surface area (Å²) in [5.74, 6) is -2.33. The van der Waals surface area contributed by atoms with Gasteiger partial charge in [0.25, 0.3) is 0 Å². The van der Waals surface area contributed by atoms with Crippen LogP contribution in [-0.2, 0) is 28.7 Å². The van der Waals surface area contributed by atoms with Gasteiger partial charge in [-0.2, -0.15) is 0 Å². The lowest BCUT2D eigenvalue weighted by Gasteiger charge is -2.44. The fourth-order valence-corrected chi connectivity index (χ4v) is 6.13. The topological polar surface area (TPSA) is 102 Å². The molecule has 4 rings (SSSR count). The lowest BCUT2D eigenvalue weighted by atomic mass is 9.94. The summed E-state index contributed by atoms with van der Waals surface area (Å²) < 4.78 is 10.3. The third-order valence-corrected chi connectivity index (χ3v) is 7.81. The van der Waals surface area contributed by atoms with Crippen molar-refractivity contribution in [3.63, 3.8) is 0 Å². The first kappa shape index (κ1) is 25.1. The van der Waals surface area contributed by atoms with Gasteiger partial charge in [-0.15, -0.1) is 23.4 Å². The van der Waals surface area contributed by atoms with Crippen molar-refractivity contribution in [2.45, 2.75) is 42.2 Å². The maximum atomic E-state index is 13.7. The van der Waals surface area contributed by atoms with Gasteiger partial charge < -0.3 is 19.7 Å². The van der Waals surface area contributed by atoms with Gasteiger partial charge >= 0.3 is 11.9 Å². The first-order chi connectivity index (χ1) is 16.7. The van der Waals surface area contributed by atoms with E-state index in [-0.39, 0.29) is 24.3 Å². The summed E-state index contributed by atoms with van der Waals surface area (Å²) in [5, 5.41) is 2.14. The summed E-state index contributed by atoms with van der Waals surface area (Å²) >= 11 is 6.87. The fourth-order valence-electron chi connectivity index (χ4n) is 4.37. The van der Waals surface area contributed by atoms with Gasteiger partial charge in [-0.3, -0.25) is 14.4 Å². The average molecular weight is 517 g/mol. The molecule has 0 saturated carbocycles. The summed E-state index contributed by atoms with van der Waals surface area (Å²) in [7, 11) is 0. The lowest BCUT2D eigenvalue weighted by Crippen LogP contribution is -2.70. The molecule has 2 aliphatic heterocycles. The minimum absolute atomic E-state index is 0.155. The minimum atomic E-state index is -1.03. The van der Waals surface area contributed by atoms with Crippen LogP contribution in [0.25, 0.3) is 0 Å². The Morgan fingerprint density at radius 3 is 2.17 bits per heavy atom. The molecule has 2 fully saturated rings. The van der Waals surface area contributed by atoms with E-state index in [4.69, 9.17) is 21.1 Å². The van der Waals surface area contributed by atoms with E-state index in [1.807, 2.05) is 60.7 Å². The molecule has 8 nitrogen and oxygen atoms in total. The third kappa shape index (κ3) is 5.01. The fraction of sp³-hybridized carbons (Fsp3) is 0.360. The molecule has 0 bridgehead atoms. The Morgan fingerprint density at radius 1 is 1.09 bits per heavy atom. The Hall–Kier alpha value is -3.04. The van der Waals surface area contributed by atoms with Crippen LogP contribution in [0.3, 0.4) is 0 Å².